The lowest BCUT2D eigenvalue weighted by Gasteiger charge is -2.48. The fourth-order valence-electron chi connectivity index (χ4n) is 3.74. The summed E-state index contributed by atoms with van der Waals surface area (Å²) in [6, 6.07) is -1.92. The van der Waals surface area contributed by atoms with Crippen LogP contribution in [-0.4, -0.2) is 59.0 Å². The average molecular weight is 431 g/mol. The lowest BCUT2D eigenvalue weighted by Crippen LogP contribution is -2.74. The van der Waals surface area contributed by atoms with Crippen LogP contribution in [0.2, 0.25) is 0 Å². The predicted octanol–water partition coefficient (Wildman–Crippen LogP) is 0.155. The third-order valence-corrected chi connectivity index (χ3v) is 6.52. The fourth-order valence-corrected chi connectivity index (χ4v) is 5.23. The van der Waals surface area contributed by atoms with Gasteiger partial charge in [-0.2, -0.15) is 8.42 Å². The van der Waals surface area contributed by atoms with Crippen LogP contribution in [0.4, 0.5) is 5.13 Å². The van der Waals surface area contributed by atoms with E-state index in [1.54, 1.807) is 0 Å². The van der Waals surface area contributed by atoms with E-state index in [4.69, 9.17) is 5.73 Å². The fraction of sp³-hybridized carbons (Fsp3) is 0.600. The van der Waals surface area contributed by atoms with E-state index in [2.05, 4.69) is 20.3 Å². The second-order valence-electron chi connectivity index (χ2n) is 6.65. The topological polar surface area (TPSA) is 164 Å². The molecular formula is C15H21N5O6S2. The summed E-state index contributed by atoms with van der Waals surface area (Å²) in [5, 5.41) is 7.90. The highest BCUT2D eigenvalue weighted by Gasteiger charge is 2.57. The number of amides is 2. The zero-order valence-electron chi connectivity index (χ0n) is 15.1. The molecule has 1 aliphatic heterocycles. The summed E-state index contributed by atoms with van der Waals surface area (Å²) in [6.45, 7) is 0. The van der Waals surface area contributed by atoms with Gasteiger partial charge in [-0.15, -0.1) is 11.3 Å². The van der Waals surface area contributed by atoms with Crippen LogP contribution in [0.3, 0.4) is 0 Å². The third-order valence-electron chi connectivity index (χ3n) is 4.93. The van der Waals surface area contributed by atoms with Gasteiger partial charge in [0.25, 0.3) is 11.8 Å². The number of carbonyl (C=O) groups excluding carboxylic acids is 2. The molecule has 2 atom stereocenters. The number of oxime groups is 1. The molecule has 0 bridgehead atoms. The van der Waals surface area contributed by atoms with Crippen LogP contribution >= 0.6 is 11.3 Å². The van der Waals surface area contributed by atoms with E-state index >= 15 is 0 Å². The Morgan fingerprint density at radius 3 is 2.64 bits per heavy atom. The zero-order chi connectivity index (χ0) is 20.5. The van der Waals surface area contributed by atoms with Crippen molar-refractivity contribution >= 4 is 44.3 Å². The Morgan fingerprint density at radius 2 is 2.11 bits per heavy atom. The van der Waals surface area contributed by atoms with Crippen molar-refractivity contribution in [3.8, 4) is 0 Å². The molecule has 1 aliphatic carbocycles. The lowest BCUT2D eigenvalue weighted by atomic mass is 9.77. The molecule has 2 aliphatic rings. The number of carbonyl (C=O) groups is 2. The highest BCUT2D eigenvalue weighted by molar-refractivity contribution is 7.84. The molecule has 13 heteroatoms. The summed E-state index contributed by atoms with van der Waals surface area (Å²) in [5.74, 6) is -1.78. The molecule has 2 heterocycles. The van der Waals surface area contributed by atoms with E-state index in [0.717, 1.165) is 30.6 Å². The van der Waals surface area contributed by atoms with Gasteiger partial charge in [-0.05, 0) is 18.8 Å². The highest BCUT2D eigenvalue weighted by Crippen LogP contribution is 2.37. The molecule has 1 aromatic rings. The number of thiazole rings is 1. The third kappa shape index (κ3) is 3.95. The Bertz CT molecular complexity index is 892. The van der Waals surface area contributed by atoms with E-state index in [1.807, 2.05) is 0 Å². The number of hydrogen-bond donors (Lipinski definition) is 3. The molecule has 0 unspecified atom stereocenters. The van der Waals surface area contributed by atoms with E-state index in [0.29, 0.717) is 17.1 Å². The number of nitrogens with zero attached hydrogens (tertiary/aromatic N) is 3. The van der Waals surface area contributed by atoms with Crippen molar-refractivity contribution in [3.63, 3.8) is 0 Å². The summed E-state index contributed by atoms with van der Waals surface area (Å²) >= 11 is 1.10. The van der Waals surface area contributed by atoms with Gasteiger partial charge in [-0.3, -0.25) is 14.1 Å². The van der Waals surface area contributed by atoms with Gasteiger partial charge in [-0.25, -0.2) is 9.29 Å². The molecular weight excluding hydrogens is 410 g/mol. The molecule has 28 heavy (non-hydrogen) atoms. The van der Waals surface area contributed by atoms with E-state index in [1.165, 1.54) is 12.5 Å². The van der Waals surface area contributed by atoms with Crippen molar-refractivity contribution in [3.05, 3.63) is 11.1 Å². The monoisotopic (exact) mass is 431 g/mol. The smallest absolute Gasteiger partial charge is 0.362 e. The van der Waals surface area contributed by atoms with Crippen LogP contribution in [0.25, 0.3) is 0 Å². The molecule has 154 valence electrons. The Balaban J connectivity index is 1.83. The van der Waals surface area contributed by atoms with Gasteiger partial charge in [0, 0.05) is 5.38 Å². The first-order chi connectivity index (χ1) is 13.2. The minimum Gasteiger partial charge on any atom is -0.398 e. The molecule has 2 amide bonds. The van der Waals surface area contributed by atoms with Crippen molar-refractivity contribution in [2.45, 2.75) is 44.2 Å². The zero-order valence-corrected chi connectivity index (χ0v) is 16.7. The Morgan fingerprint density at radius 1 is 1.43 bits per heavy atom. The first kappa shape index (κ1) is 20.5. The number of nitrogen functional groups attached to an aromatic ring is 1. The lowest BCUT2D eigenvalue weighted by molar-refractivity contribution is -0.148. The molecule has 3 rings (SSSR count). The van der Waals surface area contributed by atoms with Crippen molar-refractivity contribution in [1.82, 2.24) is 14.6 Å². The summed E-state index contributed by atoms with van der Waals surface area (Å²) in [6.07, 6.45) is 4.22. The number of nitrogens with one attached hydrogen (secondary N) is 1. The van der Waals surface area contributed by atoms with Gasteiger partial charge >= 0.3 is 10.3 Å². The van der Waals surface area contributed by atoms with E-state index in [9.17, 15) is 22.6 Å². The Labute approximate surface area is 165 Å². The van der Waals surface area contributed by atoms with Gasteiger partial charge in [0.1, 0.15) is 18.8 Å². The number of anilines is 1. The number of rotatable bonds is 6. The maximum atomic E-state index is 12.7. The van der Waals surface area contributed by atoms with Crippen molar-refractivity contribution in [2.75, 3.05) is 12.8 Å². The number of aromatic nitrogens is 1. The van der Waals surface area contributed by atoms with Crippen molar-refractivity contribution in [1.29, 1.82) is 0 Å². The molecule has 1 aromatic heterocycles. The molecule has 0 aromatic carbocycles. The van der Waals surface area contributed by atoms with Crippen LogP contribution in [0.1, 0.15) is 37.8 Å². The van der Waals surface area contributed by atoms with Crippen LogP contribution in [0, 0.1) is 5.92 Å². The molecule has 0 spiro atoms. The highest BCUT2D eigenvalue weighted by atomic mass is 32.2. The van der Waals surface area contributed by atoms with Crippen LogP contribution in [-0.2, 0) is 24.7 Å². The normalized spacial score (nSPS) is 24.0. The first-order valence-electron chi connectivity index (χ1n) is 8.68. The molecule has 4 N–H and O–H groups in total. The van der Waals surface area contributed by atoms with Crippen molar-refractivity contribution in [2.24, 2.45) is 11.1 Å². The second-order valence-corrected chi connectivity index (χ2v) is 8.82. The largest absolute Gasteiger partial charge is 0.398 e. The van der Waals surface area contributed by atoms with Gasteiger partial charge < -0.3 is 15.9 Å². The van der Waals surface area contributed by atoms with Gasteiger partial charge in [0.05, 0.1) is 6.04 Å². The molecule has 1 saturated heterocycles. The maximum Gasteiger partial charge on any atom is 0.362 e. The van der Waals surface area contributed by atoms with E-state index < -0.39 is 34.2 Å². The SMILES string of the molecule is CON=C(C(=O)N[C@@H]1C(=O)N(S(=O)(=O)O)[C@H]1C1CCCCC1)c1csc(N)n1. The predicted molar refractivity (Wildman–Crippen MR) is 101 cm³/mol. The second kappa shape index (κ2) is 8.01. The molecule has 11 nitrogen and oxygen atoms in total. The first-order valence-corrected chi connectivity index (χ1v) is 11.0. The summed E-state index contributed by atoms with van der Waals surface area (Å²) < 4.78 is 33.2. The molecule has 2 fully saturated rings. The maximum absolute atomic E-state index is 12.7. The minimum atomic E-state index is -4.71. The van der Waals surface area contributed by atoms with Gasteiger partial charge in [0.2, 0.25) is 0 Å². The summed E-state index contributed by atoms with van der Waals surface area (Å²) in [5.41, 5.74) is 5.57. The van der Waals surface area contributed by atoms with Crippen LogP contribution in [0.15, 0.2) is 10.5 Å². The minimum absolute atomic E-state index is 0.142. The van der Waals surface area contributed by atoms with Gasteiger partial charge in [-0.1, -0.05) is 24.4 Å². The molecule has 0 radical (unpaired) electrons. The Kier molecular flexibility index (Phi) is 5.86. The van der Waals surface area contributed by atoms with E-state index in [-0.39, 0.29) is 22.5 Å². The number of hydrogen-bond acceptors (Lipinski definition) is 9. The van der Waals surface area contributed by atoms with Crippen molar-refractivity contribution < 1.29 is 27.4 Å². The number of β-lactam (4-membered cyclic amide) rings is 1. The van der Waals surface area contributed by atoms with Crippen LogP contribution in [0.5, 0.6) is 0 Å². The quantitative estimate of drug-likeness (QED) is 0.248. The standard InChI is InChI=1S/C15H21N5O6S2/c1-26-19-10(9-7-27-15(16)17-9)13(21)18-11-12(8-5-3-2-4-6-8)20(14(11)22)28(23,24)25/h7-8,11-12H,2-6H2,1H3,(H2,16,17)(H,18,21)(H,23,24,25)/t11-,12-/m0/s1. The summed E-state index contributed by atoms with van der Waals surface area (Å²) in [7, 11) is -3.46. The average Bonchev–Trinajstić information content (AvgIpc) is 3.07. The van der Waals surface area contributed by atoms with Gasteiger partial charge in [0.15, 0.2) is 10.8 Å². The summed E-state index contributed by atoms with van der Waals surface area (Å²) in [4.78, 5) is 33.7. The number of nitrogens with two attached hydrogens (primary N) is 1. The van der Waals surface area contributed by atoms with Crippen LogP contribution < -0.4 is 11.1 Å². The molecule has 1 saturated carbocycles. The Hall–Kier alpha value is -2.25.